The molecule has 2 rings (SSSR count). The standard InChI is InChI=1S/C36H52O9/c1-4-28(2)25-44-33(39)29-17-21-32(22-18-29)45-34(40)30-15-19-31(20-16-30)42-23-13-11-9-7-5-6-8-10-12-14-24-43-35(41)36(3,26-37)27-38/h15-22,28,37-38H,4-14,23-27H2,1-3H3. The summed E-state index contributed by atoms with van der Waals surface area (Å²) in [5.41, 5.74) is -0.402. The lowest BCUT2D eigenvalue weighted by Gasteiger charge is -2.22. The van der Waals surface area contributed by atoms with Crippen LogP contribution in [-0.4, -0.2) is 61.2 Å². The van der Waals surface area contributed by atoms with Crippen molar-refractivity contribution in [2.75, 3.05) is 33.0 Å². The Morgan fingerprint density at radius 2 is 1.13 bits per heavy atom. The van der Waals surface area contributed by atoms with Gasteiger partial charge in [0.2, 0.25) is 0 Å². The highest BCUT2D eigenvalue weighted by atomic mass is 16.5. The predicted octanol–water partition coefficient (Wildman–Crippen LogP) is 6.92. The van der Waals surface area contributed by atoms with Crippen LogP contribution in [0.5, 0.6) is 11.5 Å². The van der Waals surface area contributed by atoms with Gasteiger partial charge < -0.3 is 29.2 Å². The molecule has 0 fully saturated rings. The fourth-order valence-electron chi connectivity index (χ4n) is 4.26. The highest BCUT2D eigenvalue weighted by Crippen LogP contribution is 2.19. The third-order valence-electron chi connectivity index (χ3n) is 7.82. The quantitative estimate of drug-likeness (QED) is 0.0765. The van der Waals surface area contributed by atoms with Crippen molar-refractivity contribution in [2.24, 2.45) is 11.3 Å². The van der Waals surface area contributed by atoms with Crippen molar-refractivity contribution in [3.05, 3.63) is 59.7 Å². The number of aliphatic hydroxyl groups is 2. The molecule has 0 aliphatic carbocycles. The average molecular weight is 629 g/mol. The number of carbonyl (C=O) groups is 3. The number of rotatable bonds is 23. The molecule has 9 nitrogen and oxygen atoms in total. The first-order valence-corrected chi connectivity index (χ1v) is 16.3. The zero-order valence-electron chi connectivity index (χ0n) is 27.3. The van der Waals surface area contributed by atoms with Crippen LogP contribution in [0.3, 0.4) is 0 Å². The molecule has 0 heterocycles. The van der Waals surface area contributed by atoms with Crippen LogP contribution in [0.2, 0.25) is 0 Å². The number of carbonyl (C=O) groups excluding carboxylic acids is 3. The minimum Gasteiger partial charge on any atom is -0.494 e. The van der Waals surface area contributed by atoms with Gasteiger partial charge in [-0.15, -0.1) is 0 Å². The van der Waals surface area contributed by atoms with Gasteiger partial charge in [-0.3, -0.25) is 4.79 Å². The van der Waals surface area contributed by atoms with Crippen molar-refractivity contribution in [3.8, 4) is 11.5 Å². The molecule has 0 radical (unpaired) electrons. The molecule has 45 heavy (non-hydrogen) atoms. The number of unbranched alkanes of at least 4 members (excludes halogenated alkanes) is 9. The van der Waals surface area contributed by atoms with Crippen LogP contribution in [0, 0.1) is 11.3 Å². The average Bonchev–Trinajstić information content (AvgIpc) is 3.07. The smallest absolute Gasteiger partial charge is 0.343 e. The summed E-state index contributed by atoms with van der Waals surface area (Å²) >= 11 is 0. The summed E-state index contributed by atoms with van der Waals surface area (Å²) in [6, 6.07) is 13.2. The largest absolute Gasteiger partial charge is 0.494 e. The van der Waals surface area contributed by atoms with Gasteiger partial charge in [-0.1, -0.05) is 71.6 Å². The summed E-state index contributed by atoms with van der Waals surface area (Å²) in [7, 11) is 0. The van der Waals surface area contributed by atoms with Gasteiger partial charge in [0.05, 0.1) is 44.2 Å². The van der Waals surface area contributed by atoms with Crippen LogP contribution in [0.25, 0.3) is 0 Å². The molecule has 0 aliphatic rings. The van der Waals surface area contributed by atoms with Gasteiger partial charge in [-0.25, -0.2) is 9.59 Å². The van der Waals surface area contributed by atoms with Crippen molar-refractivity contribution in [2.45, 2.75) is 91.4 Å². The van der Waals surface area contributed by atoms with Gasteiger partial charge in [0.25, 0.3) is 0 Å². The van der Waals surface area contributed by atoms with Crippen molar-refractivity contribution in [1.29, 1.82) is 0 Å². The summed E-state index contributed by atoms with van der Waals surface area (Å²) in [5, 5.41) is 18.4. The molecular formula is C36H52O9. The summed E-state index contributed by atoms with van der Waals surface area (Å²) in [6.07, 6.45) is 11.8. The Morgan fingerprint density at radius 3 is 1.64 bits per heavy atom. The molecule has 0 spiro atoms. The van der Waals surface area contributed by atoms with E-state index in [4.69, 9.17) is 18.9 Å². The highest BCUT2D eigenvalue weighted by molar-refractivity contribution is 5.92. The second-order valence-corrected chi connectivity index (χ2v) is 11.9. The first-order chi connectivity index (χ1) is 21.7. The normalized spacial score (nSPS) is 11.9. The molecular weight excluding hydrogens is 576 g/mol. The summed E-state index contributed by atoms with van der Waals surface area (Å²) in [5.74, 6) is -0.0676. The number of benzene rings is 2. The van der Waals surface area contributed by atoms with E-state index in [1.165, 1.54) is 32.6 Å². The number of ether oxygens (including phenoxy) is 4. The van der Waals surface area contributed by atoms with Crippen LogP contribution in [0.15, 0.2) is 48.5 Å². The van der Waals surface area contributed by atoms with E-state index in [1.807, 2.05) is 13.8 Å². The van der Waals surface area contributed by atoms with Crippen molar-refractivity contribution in [1.82, 2.24) is 0 Å². The van der Waals surface area contributed by atoms with E-state index in [0.717, 1.165) is 44.9 Å². The maximum absolute atomic E-state index is 12.5. The highest BCUT2D eigenvalue weighted by Gasteiger charge is 2.33. The zero-order valence-corrected chi connectivity index (χ0v) is 27.3. The number of esters is 3. The van der Waals surface area contributed by atoms with Crippen LogP contribution in [-0.2, 0) is 14.3 Å². The summed E-state index contributed by atoms with van der Waals surface area (Å²) < 4.78 is 21.7. The molecule has 250 valence electrons. The van der Waals surface area contributed by atoms with E-state index < -0.39 is 36.5 Å². The first-order valence-electron chi connectivity index (χ1n) is 16.3. The number of hydrogen-bond donors (Lipinski definition) is 2. The molecule has 0 saturated heterocycles. The fourth-order valence-corrected chi connectivity index (χ4v) is 4.26. The van der Waals surface area contributed by atoms with Crippen LogP contribution < -0.4 is 9.47 Å². The third kappa shape index (κ3) is 14.5. The number of hydrogen-bond acceptors (Lipinski definition) is 9. The second-order valence-electron chi connectivity index (χ2n) is 11.9. The van der Waals surface area contributed by atoms with Gasteiger partial charge in [0.15, 0.2) is 0 Å². The molecule has 1 atom stereocenters. The lowest BCUT2D eigenvalue weighted by atomic mass is 9.93. The van der Waals surface area contributed by atoms with Gasteiger partial charge in [0, 0.05) is 0 Å². The van der Waals surface area contributed by atoms with Crippen molar-refractivity contribution in [3.63, 3.8) is 0 Å². The van der Waals surface area contributed by atoms with E-state index in [-0.39, 0.29) is 0 Å². The van der Waals surface area contributed by atoms with Gasteiger partial charge in [0.1, 0.15) is 16.9 Å². The molecule has 0 amide bonds. The molecule has 2 N–H and O–H groups in total. The zero-order chi connectivity index (χ0) is 32.9. The molecule has 0 saturated carbocycles. The fraction of sp³-hybridized carbons (Fsp3) is 0.583. The Hall–Kier alpha value is -3.43. The SMILES string of the molecule is CCC(C)COC(=O)c1ccc(OC(=O)c2ccc(OCCCCCCCCCCCCOC(=O)C(C)(CO)CO)cc2)cc1. The van der Waals surface area contributed by atoms with Crippen LogP contribution >= 0.6 is 0 Å². The van der Waals surface area contributed by atoms with Crippen LogP contribution in [0.1, 0.15) is 112 Å². The summed E-state index contributed by atoms with van der Waals surface area (Å²) in [4.78, 5) is 36.5. The van der Waals surface area contributed by atoms with E-state index >= 15 is 0 Å². The van der Waals surface area contributed by atoms with E-state index in [0.29, 0.717) is 48.4 Å². The van der Waals surface area contributed by atoms with E-state index in [2.05, 4.69) is 0 Å². The molecule has 0 bridgehead atoms. The van der Waals surface area contributed by atoms with Gasteiger partial charge in [-0.05, 0) is 74.2 Å². The van der Waals surface area contributed by atoms with E-state index in [1.54, 1.807) is 48.5 Å². The first kappa shape index (κ1) is 37.8. The van der Waals surface area contributed by atoms with Gasteiger partial charge >= 0.3 is 17.9 Å². The molecule has 2 aromatic rings. The lowest BCUT2D eigenvalue weighted by Crippen LogP contribution is -2.37. The molecule has 0 aromatic heterocycles. The minimum atomic E-state index is -1.22. The Bertz CT molecular complexity index is 1120. The topological polar surface area (TPSA) is 129 Å². The monoisotopic (exact) mass is 628 g/mol. The Balaban J connectivity index is 1.50. The Kier molecular flexibility index (Phi) is 17.9. The Labute approximate surface area is 268 Å². The Morgan fingerprint density at radius 1 is 0.667 bits per heavy atom. The molecule has 0 aliphatic heterocycles. The third-order valence-corrected chi connectivity index (χ3v) is 7.82. The van der Waals surface area contributed by atoms with Crippen LogP contribution in [0.4, 0.5) is 0 Å². The molecule has 2 aromatic carbocycles. The van der Waals surface area contributed by atoms with Crippen molar-refractivity contribution < 1.29 is 43.5 Å². The second kappa shape index (κ2) is 21.3. The predicted molar refractivity (Wildman–Crippen MR) is 172 cm³/mol. The van der Waals surface area contributed by atoms with Gasteiger partial charge in [-0.2, -0.15) is 0 Å². The molecule has 1 unspecified atom stereocenters. The van der Waals surface area contributed by atoms with E-state index in [9.17, 15) is 24.6 Å². The van der Waals surface area contributed by atoms with Crippen molar-refractivity contribution >= 4 is 17.9 Å². The lowest BCUT2D eigenvalue weighted by molar-refractivity contribution is -0.160. The summed E-state index contributed by atoms with van der Waals surface area (Å²) in [6.45, 7) is 6.02. The minimum absolute atomic E-state index is 0.306. The number of aliphatic hydroxyl groups excluding tert-OH is 2. The molecule has 9 heteroatoms. The maximum atomic E-state index is 12.5. The maximum Gasteiger partial charge on any atom is 0.343 e.